The Morgan fingerprint density at radius 1 is 1.45 bits per heavy atom. The van der Waals surface area contributed by atoms with Gasteiger partial charge in [-0.15, -0.1) is 0 Å². The third-order valence-electron chi connectivity index (χ3n) is 3.08. The fourth-order valence-corrected chi connectivity index (χ4v) is 1.86. The first-order valence-corrected chi connectivity index (χ1v) is 6.69. The molecule has 1 aromatic rings. The minimum Gasteiger partial charge on any atom is -0.481 e. The van der Waals surface area contributed by atoms with Crippen LogP contribution in [0.1, 0.15) is 41.0 Å². The Bertz CT molecular complexity index is 529. The predicted molar refractivity (Wildman–Crippen MR) is 78.0 cm³/mol. The van der Waals surface area contributed by atoms with Crippen LogP contribution in [0.15, 0.2) is 17.2 Å². The molecule has 0 fully saturated rings. The lowest BCUT2D eigenvalue weighted by molar-refractivity contribution is -0.137. The molecule has 2 N–H and O–H groups in total. The summed E-state index contributed by atoms with van der Waals surface area (Å²) in [6.45, 7) is 9.59. The highest BCUT2D eigenvalue weighted by molar-refractivity contribution is 5.68. The van der Waals surface area contributed by atoms with Crippen LogP contribution in [0.25, 0.3) is 0 Å². The zero-order chi connectivity index (χ0) is 15.5. The van der Waals surface area contributed by atoms with E-state index >= 15 is 0 Å². The van der Waals surface area contributed by atoms with Gasteiger partial charge in [0.05, 0.1) is 6.42 Å². The van der Waals surface area contributed by atoms with Crippen LogP contribution in [0.5, 0.6) is 0 Å². The van der Waals surface area contributed by atoms with Crippen molar-refractivity contribution < 1.29 is 9.90 Å². The molecule has 0 saturated heterocycles. The monoisotopic (exact) mass is 281 g/mol. The maximum Gasteiger partial charge on any atom is 0.305 e. The number of nitrogens with one attached hydrogen (secondary N) is 1. The number of aliphatic carboxylic acids is 1. The number of aromatic nitrogens is 2. The summed E-state index contributed by atoms with van der Waals surface area (Å²) in [6.07, 6.45) is 3.13. The maximum atomic E-state index is 12.4. The molecule has 20 heavy (non-hydrogen) atoms. The first-order valence-electron chi connectivity index (χ1n) is 6.69. The van der Waals surface area contributed by atoms with Gasteiger partial charge in [-0.3, -0.25) is 9.59 Å². The maximum absolute atomic E-state index is 12.4. The number of rotatable bonds is 5. The Kier molecular flexibility index (Phi) is 4.92. The van der Waals surface area contributed by atoms with E-state index in [0.29, 0.717) is 0 Å². The van der Waals surface area contributed by atoms with Crippen molar-refractivity contribution in [1.82, 2.24) is 9.55 Å². The zero-order valence-electron chi connectivity index (χ0n) is 12.7. The van der Waals surface area contributed by atoms with Gasteiger partial charge >= 0.3 is 5.97 Å². The van der Waals surface area contributed by atoms with E-state index in [9.17, 15) is 9.59 Å². The molecular weight excluding hydrogens is 258 g/mol. The summed E-state index contributed by atoms with van der Waals surface area (Å²) in [5, 5.41) is 11.9. The van der Waals surface area contributed by atoms with Crippen molar-refractivity contribution in [3.63, 3.8) is 0 Å². The molecule has 6 nitrogen and oxygen atoms in total. The second-order valence-electron chi connectivity index (χ2n) is 6.21. The normalized spacial score (nSPS) is 13.3. The van der Waals surface area contributed by atoms with Crippen LogP contribution in [0.2, 0.25) is 0 Å². The molecule has 1 atom stereocenters. The molecule has 1 unspecified atom stereocenters. The average Bonchev–Trinajstić information content (AvgIpc) is 2.28. The first-order chi connectivity index (χ1) is 9.12. The van der Waals surface area contributed by atoms with Gasteiger partial charge in [0, 0.05) is 24.0 Å². The van der Waals surface area contributed by atoms with Crippen molar-refractivity contribution in [2.45, 2.75) is 52.6 Å². The lowest BCUT2D eigenvalue weighted by Crippen LogP contribution is -2.38. The number of carboxylic acid groups (broad SMARTS) is 1. The summed E-state index contributed by atoms with van der Waals surface area (Å²) in [5.41, 5.74) is -0.590. The molecule has 0 aromatic carbocycles. The van der Waals surface area contributed by atoms with Crippen molar-refractivity contribution in [3.8, 4) is 0 Å². The molecule has 0 amide bonds. The van der Waals surface area contributed by atoms with Crippen LogP contribution in [-0.2, 0) is 10.3 Å². The Balaban J connectivity index is 3.09. The van der Waals surface area contributed by atoms with Crippen LogP contribution in [0.4, 0.5) is 5.82 Å². The van der Waals surface area contributed by atoms with Gasteiger partial charge in [-0.1, -0.05) is 13.8 Å². The Morgan fingerprint density at radius 2 is 2.05 bits per heavy atom. The summed E-state index contributed by atoms with van der Waals surface area (Å²) in [4.78, 5) is 27.3. The molecule has 1 aromatic heterocycles. The van der Waals surface area contributed by atoms with Gasteiger partial charge in [-0.2, -0.15) is 0 Å². The molecule has 0 radical (unpaired) electrons. The third-order valence-corrected chi connectivity index (χ3v) is 3.08. The van der Waals surface area contributed by atoms with Crippen molar-refractivity contribution in [3.05, 3.63) is 22.7 Å². The second-order valence-corrected chi connectivity index (χ2v) is 6.21. The predicted octanol–water partition coefficient (Wildman–Crippen LogP) is 1.91. The van der Waals surface area contributed by atoms with E-state index in [1.807, 2.05) is 34.6 Å². The number of nitrogens with zero attached hydrogens (tertiary/aromatic N) is 2. The molecule has 1 rings (SSSR count). The Morgan fingerprint density at radius 3 is 2.50 bits per heavy atom. The Labute approximate surface area is 118 Å². The van der Waals surface area contributed by atoms with Crippen molar-refractivity contribution >= 4 is 11.8 Å². The van der Waals surface area contributed by atoms with Gasteiger partial charge in [0.15, 0.2) is 5.82 Å². The van der Waals surface area contributed by atoms with E-state index in [2.05, 4.69) is 10.3 Å². The zero-order valence-corrected chi connectivity index (χ0v) is 12.7. The average molecular weight is 281 g/mol. The summed E-state index contributed by atoms with van der Waals surface area (Å²) in [6, 6.07) is -0.330. The number of hydrogen-bond donors (Lipinski definition) is 2. The van der Waals surface area contributed by atoms with Gasteiger partial charge in [-0.05, 0) is 26.7 Å². The molecule has 6 heteroatoms. The summed E-state index contributed by atoms with van der Waals surface area (Å²) >= 11 is 0. The molecular formula is C14H23N3O3. The first kappa shape index (κ1) is 16.2. The van der Waals surface area contributed by atoms with Crippen molar-refractivity contribution in [2.24, 2.45) is 5.92 Å². The Hall–Kier alpha value is -1.85. The topological polar surface area (TPSA) is 84.2 Å². The lowest BCUT2D eigenvalue weighted by Gasteiger charge is -2.25. The van der Waals surface area contributed by atoms with Gasteiger partial charge in [0.1, 0.15) is 0 Å². The van der Waals surface area contributed by atoms with Gasteiger partial charge in [0.25, 0.3) is 5.56 Å². The minimum atomic E-state index is -0.900. The third kappa shape index (κ3) is 4.08. The van der Waals surface area contributed by atoms with Gasteiger partial charge in [-0.25, -0.2) is 4.98 Å². The van der Waals surface area contributed by atoms with E-state index in [1.165, 1.54) is 0 Å². The van der Waals surface area contributed by atoms with E-state index in [-0.39, 0.29) is 35.3 Å². The molecule has 0 saturated carbocycles. The standard InChI is InChI=1S/C14H23N3O3/c1-9(2)10(8-11(18)19)16-12-13(20)17(7-6-15-12)14(3,4)5/h6-7,9-10H,8H2,1-5H3,(H,15,16)(H,18,19). The lowest BCUT2D eigenvalue weighted by atomic mass is 10.0. The quantitative estimate of drug-likeness (QED) is 0.861. The fraction of sp³-hybridized carbons (Fsp3) is 0.643. The van der Waals surface area contributed by atoms with E-state index in [1.54, 1.807) is 17.0 Å². The fourth-order valence-electron chi connectivity index (χ4n) is 1.86. The summed E-state index contributed by atoms with van der Waals surface area (Å²) in [7, 11) is 0. The molecule has 0 bridgehead atoms. The van der Waals surface area contributed by atoms with Gasteiger partial charge < -0.3 is 15.0 Å². The summed E-state index contributed by atoms with van der Waals surface area (Å²) in [5.74, 6) is -0.624. The van der Waals surface area contributed by atoms with Crippen molar-refractivity contribution in [2.75, 3.05) is 5.32 Å². The molecule has 0 aliphatic heterocycles. The highest BCUT2D eigenvalue weighted by Gasteiger charge is 2.21. The number of carboxylic acids is 1. The number of anilines is 1. The van der Waals surface area contributed by atoms with Gasteiger partial charge in [0.2, 0.25) is 0 Å². The van der Waals surface area contributed by atoms with Crippen LogP contribution < -0.4 is 10.9 Å². The van der Waals surface area contributed by atoms with E-state index < -0.39 is 5.97 Å². The van der Waals surface area contributed by atoms with Crippen molar-refractivity contribution in [1.29, 1.82) is 0 Å². The molecule has 1 heterocycles. The summed E-state index contributed by atoms with van der Waals surface area (Å²) < 4.78 is 1.58. The smallest absolute Gasteiger partial charge is 0.305 e. The largest absolute Gasteiger partial charge is 0.481 e. The van der Waals surface area contributed by atoms with E-state index in [4.69, 9.17) is 5.11 Å². The molecule has 112 valence electrons. The van der Waals surface area contributed by atoms with E-state index in [0.717, 1.165) is 0 Å². The molecule has 0 aliphatic rings. The number of carbonyl (C=O) groups is 1. The van der Waals surface area contributed by atoms with Crippen LogP contribution in [0, 0.1) is 5.92 Å². The molecule has 0 spiro atoms. The highest BCUT2D eigenvalue weighted by atomic mass is 16.4. The number of hydrogen-bond acceptors (Lipinski definition) is 4. The second kappa shape index (κ2) is 6.07. The highest BCUT2D eigenvalue weighted by Crippen LogP contribution is 2.14. The van der Waals surface area contributed by atoms with Crippen LogP contribution in [0.3, 0.4) is 0 Å². The SMILES string of the molecule is CC(C)C(CC(=O)O)Nc1nccn(C(C)(C)C)c1=O. The molecule has 0 aliphatic carbocycles. The van der Waals surface area contributed by atoms with Crippen LogP contribution in [-0.4, -0.2) is 26.7 Å². The minimum absolute atomic E-state index is 0.0524. The van der Waals surface area contributed by atoms with Crippen LogP contribution >= 0.6 is 0 Å².